The van der Waals surface area contributed by atoms with Crippen LogP contribution in [0.4, 0.5) is 0 Å². The number of ether oxygens (including phenoxy) is 1. The molecule has 0 saturated carbocycles. The second-order valence-electron chi connectivity index (χ2n) is 5.44. The van der Waals surface area contributed by atoms with E-state index in [0.717, 1.165) is 0 Å². The van der Waals surface area contributed by atoms with Crippen LogP contribution in [-0.4, -0.2) is 36.9 Å². The molecule has 1 unspecified atom stereocenters. The SMILES string of the molecule is COc1ccc(C(=O)N2CCNC(=O)C2c2ccccc2Cl)cc1. The maximum Gasteiger partial charge on any atom is 0.254 e. The van der Waals surface area contributed by atoms with Crippen LogP contribution in [0.3, 0.4) is 0 Å². The summed E-state index contributed by atoms with van der Waals surface area (Å²) in [7, 11) is 1.57. The van der Waals surface area contributed by atoms with E-state index in [4.69, 9.17) is 16.3 Å². The maximum atomic E-state index is 12.9. The minimum Gasteiger partial charge on any atom is -0.497 e. The van der Waals surface area contributed by atoms with Gasteiger partial charge in [-0.25, -0.2) is 0 Å². The zero-order valence-electron chi connectivity index (χ0n) is 13.2. The van der Waals surface area contributed by atoms with Crippen molar-refractivity contribution in [1.29, 1.82) is 0 Å². The second-order valence-corrected chi connectivity index (χ2v) is 5.85. The number of carbonyl (C=O) groups is 2. The van der Waals surface area contributed by atoms with E-state index in [1.54, 1.807) is 60.5 Å². The Bertz CT molecular complexity index is 761. The Labute approximate surface area is 145 Å². The molecule has 2 aromatic carbocycles. The quantitative estimate of drug-likeness (QED) is 0.931. The molecule has 1 aliphatic rings. The molecule has 3 rings (SSSR count). The van der Waals surface area contributed by atoms with Crippen molar-refractivity contribution in [3.63, 3.8) is 0 Å². The number of methoxy groups -OCH3 is 1. The number of amides is 2. The molecule has 6 heteroatoms. The molecule has 1 heterocycles. The molecule has 2 aromatic rings. The molecule has 1 saturated heterocycles. The summed E-state index contributed by atoms with van der Waals surface area (Å²) in [4.78, 5) is 26.9. The van der Waals surface area contributed by atoms with Gasteiger partial charge in [0.2, 0.25) is 5.91 Å². The highest BCUT2D eigenvalue weighted by Gasteiger charge is 2.35. The molecule has 1 aliphatic heterocycles. The lowest BCUT2D eigenvalue weighted by Gasteiger charge is -2.35. The van der Waals surface area contributed by atoms with E-state index in [0.29, 0.717) is 35.0 Å². The number of benzene rings is 2. The van der Waals surface area contributed by atoms with Gasteiger partial charge in [0.15, 0.2) is 0 Å². The van der Waals surface area contributed by atoms with Gasteiger partial charge in [0.25, 0.3) is 5.91 Å². The fourth-order valence-corrected chi connectivity index (χ4v) is 3.03. The van der Waals surface area contributed by atoms with Gasteiger partial charge in [-0.1, -0.05) is 29.8 Å². The molecule has 2 amide bonds. The molecular weight excluding hydrogens is 328 g/mol. The summed E-state index contributed by atoms with van der Waals surface area (Å²) in [5.74, 6) is 0.235. The molecule has 5 nitrogen and oxygen atoms in total. The standard InChI is InChI=1S/C18H17ClN2O3/c1-24-13-8-6-12(7-9-13)18(23)21-11-10-20-17(22)16(21)14-4-2-3-5-15(14)19/h2-9,16H,10-11H2,1H3,(H,20,22). The topological polar surface area (TPSA) is 58.6 Å². The van der Waals surface area contributed by atoms with Crippen LogP contribution in [0.1, 0.15) is 22.0 Å². The molecule has 0 aromatic heterocycles. The fraction of sp³-hybridized carbons (Fsp3) is 0.222. The third-order valence-electron chi connectivity index (χ3n) is 4.01. The van der Waals surface area contributed by atoms with Gasteiger partial charge in [0, 0.05) is 29.2 Å². The summed E-state index contributed by atoms with van der Waals surface area (Å²) in [5.41, 5.74) is 1.13. The Morgan fingerprint density at radius 3 is 2.58 bits per heavy atom. The third kappa shape index (κ3) is 3.08. The van der Waals surface area contributed by atoms with Crippen molar-refractivity contribution in [2.45, 2.75) is 6.04 Å². The van der Waals surface area contributed by atoms with Crippen molar-refractivity contribution in [3.8, 4) is 5.75 Å². The number of carbonyl (C=O) groups excluding carboxylic acids is 2. The van der Waals surface area contributed by atoms with Crippen LogP contribution in [0.2, 0.25) is 5.02 Å². The van der Waals surface area contributed by atoms with Crippen LogP contribution in [0.5, 0.6) is 5.75 Å². The van der Waals surface area contributed by atoms with E-state index >= 15 is 0 Å². The molecule has 1 atom stereocenters. The van der Waals surface area contributed by atoms with Crippen molar-refractivity contribution in [1.82, 2.24) is 10.2 Å². The average Bonchev–Trinajstić information content (AvgIpc) is 2.62. The van der Waals surface area contributed by atoms with E-state index in [2.05, 4.69) is 5.32 Å². The van der Waals surface area contributed by atoms with Gasteiger partial charge in [0.1, 0.15) is 11.8 Å². The van der Waals surface area contributed by atoms with Gasteiger partial charge >= 0.3 is 0 Å². The van der Waals surface area contributed by atoms with Crippen molar-refractivity contribution < 1.29 is 14.3 Å². The van der Waals surface area contributed by atoms with E-state index in [1.165, 1.54) is 0 Å². The lowest BCUT2D eigenvalue weighted by Crippen LogP contribution is -2.52. The minimum atomic E-state index is -0.734. The van der Waals surface area contributed by atoms with E-state index in [9.17, 15) is 9.59 Å². The molecule has 124 valence electrons. The number of hydrogen-bond acceptors (Lipinski definition) is 3. The Morgan fingerprint density at radius 2 is 1.92 bits per heavy atom. The summed E-state index contributed by atoms with van der Waals surface area (Å²) in [5, 5.41) is 3.27. The highest BCUT2D eigenvalue weighted by atomic mass is 35.5. The summed E-state index contributed by atoms with van der Waals surface area (Å²) < 4.78 is 5.11. The molecule has 0 spiro atoms. The predicted molar refractivity (Wildman–Crippen MR) is 91.2 cm³/mol. The number of nitrogens with zero attached hydrogens (tertiary/aromatic N) is 1. The highest BCUT2D eigenvalue weighted by Crippen LogP contribution is 2.30. The maximum absolute atomic E-state index is 12.9. The lowest BCUT2D eigenvalue weighted by atomic mass is 10.0. The van der Waals surface area contributed by atoms with Crippen LogP contribution in [0.25, 0.3) is 0 Å². The molecular formula is C18H17ClN2O3. The highest BCUT2D eigenvalue weighted by molar-refractivity contribution is 6.31. The lowest BCUT2D eigenvalue weighted by molar-refractivity contribution is -0.128. The third-order valence-corrected chi connectivity index (χ3v) is 4.35. The van der Waals surface area contributed by atoms with Crippen LogP contribution >= 0.6 is 11.6 Å². The van der Waals surface area contributed by atoms with Crippen molar-refractivity contribution in [2.24, 2.45) is 0 Å². The molecule has 0 radical (unpaired) electrons. The summed E-state index contributed by atoms with van der Waals surface area (Å²) in [6.07, 6.45) is 0. The number of piperazine rings is 1. The Morgan fingerprint density at radius 1 is 1.21 bits per heavy atom. The molecule has 1 N–H and O–H groups in total. The normalized spacial score (nSPS) is 17.3. The van der Waals surface area contributed by atoms with Crippen LogP contribution in [0.15, 0.2) is 48.5 Å². The molecule has 1 fully saturated rings. The van der Waals surface area contributed by atoms with Gasteiger partial charge in [-0.2, -0.15) is 0 Å². The Hall–Kier alpha value is -2.53. The van der Waals surface area contributed by atoms with E-state index in [1.807, 2.05) is 0 Å². The van der Waals surface area contributed by atoms with E-state index in [-0.39, 0.29) is 11.8 Å². The Balaban J connectivity index is 1.95. The Kier molecular flexibility index (Phi) is 4.71. The smallest absolute Gasteiger partial charge is 0.254 e. The first-order valence-electron chi connectivity index (χ1n) is 7.59. The van der Waals surface area contributed by atoms with Crippen LogP contribution < -0.4 is 10.1 Å². The first-order chi connectivity index (χ1) is 11.6. The number of hydrogen-bond donors (Lipinski definition) is 1. The van der Waals surface area contributed by atoms with Crippen LogP contribution in [0, 0.1) is 0 Å². The monoisotopic (exact) mass is 344 g/mol. The van der Waals surface area contributed by atoms with Crippen molar-refractivity contribution in [2.75, 3.05) is 20.2 Å². The first-order valence-corrected chi connectivity index (χ1v) is 7.97. The first kappa shape index (κ1) is 16.3. The predicted octanol–water partition coefficient (Wildman–Crippen LogP) is 2.66. The zero-order chi connectivity index (χ0) is 17.1. The molecule has 0 aliphatic carbocycles. The second kappa shape index (κ2) is 6.93. The van der Waals surface area contributed by atoms with Gasteiger partial charge in [-0.05, 0) is 30.3 Å². The summed E-state index contributed by atoms with van der Waals surface area (Å²) >= 11 is 6.24. The molecule has 0 bridgehead atoms. The van der Waals surface area contributed by atoms with Crippen molar-refractivity contribution >= 4 is 23.4 Å². The zero-order valence-corrected chi connectivity index (χ0v) is 13.9. The summed E-state index contributed by atoms with van der Waals surface area (Å²) in [6, 6.07) is 13.2. The largest absolute Gasteiger partial charge is 0.497 e. The van der Waals surface area contributed by atoms with Crippen molar-refractivity contribution in [3.05, 3.63) is 64.7 Å². The van der Waals surface area contributed by atoms with Gasteiger partial charge in [-0.15, -0.1) is 0 Å². The van der Waals surface area contributed by atoms with Gasteiger partial charge < -0.3 is 15.0 Å². The number of rotatable bonds is 3. The van der Waals surface area contributed by atoms with Crippen LogP contribution in [-0.2, 0) is 4.79 Å². The molecule has 24 heavy (non-hydrogen) atoms. The van der Waals surface area contributed by atoms with Gasteiger partial charge in [0.05, 0.1) is 7.11 Å². The van der Waals surface area contributed by atoms with Gasteiger partial charge in [-0.3, -0.25) is 9.59 Å². The number of halogens is 1. The minimum absolute atomic E-state index is 0.211. The fourth-order valence-electron chi connectivity index (χ4n) is 2.79. The average molecular weight is 345 g/mol. The van der Waals surface area contributed by atoms with E-state index < -0.39 is 6.04 Å². The number of nitrogens with one attached hydrogen (secondary N) is 1. The summed E-state index contributed by atoms with van der Waals surface area (Å²) in [6.45, 7) is 0.841.